The van der Waals surface area contributed by atoms with E-state index in [2.05, 4.69) is 15.3 Å². The van der Waals surface area contributed by atoms with E-state index in [9.17, 15) is 9.18 Å². The summed E-state index contributed by atoms with van der Waals surface area (Å²) in [6.07, 6.45) is 6.99. The van der Waals surface area contributed by atoms with Gasteiger partial charge in [0.1, 0.15) is 11.6 Å². The summed E-state index contributed by atoms with van der Waals surface area (Å²) >= 11 is 0. The number of imidazole rings is 1. The second-order valence-corrected chi connectivity index (χ2v) is 5.88. The Morgan fingerprint density at radius 2 is 2.16 bits per heavy atom. The predicted octanol–water partition coefficient (Wildman–Crippen LogP) is 3.52. The lowest BCUT2D eigenvalue weighted by atomic mass is 10.1. The number of aryl methyl sites for hydroxylation is 1. The Kier molecular flexibility index (Phi) is 4.88. The molecule has 0 bridgehead atoms. The van der Waals surface area contributed by atoms with E-state index in [0.29, 0.717) is 0 Å². The van der Waals surface area contributed by atoms with E-state index < -0.39 is 5.82 Å². The second kappa shape index (κ2) is 7.25. The SMILES string of the molecule is Cc1nccn1[C@H](C)c1ccc(NC(=O)Cc2cccnc2)c(F)c1. The Balaban J connectivity index is 1.72. The number of hydrogen-bond acceptors (Lipinski definition) is 3. The minimum Gasteiger partial charge on any atom is -0.328 e. The number of benzene rings is 1. The van der Waals surface area contributed by atoms with Crippen LogP contribution in [0, 0.1) is 12.7 Å². The van der Waals surface area contributed by atoms with Gasteiger partial charge < -0.3 is 9.88 Å². The minimum absolute atomic E-state index is 0.0443. The smallest absolute Gasteiger partial charge is 0.228 e. The average Bonchev–Trinajstić information content (AvgIpc) is 3.03. The molecule has 25 heavy (non-hydrogen) atoms. The number of rotatable bonds is 5. The summed E-state index contributed by atoms with van der Waals surface area (Å²) in [5.41, 5.74) is 1.76. The first-order valence-corrected chi connectivity index (χ1v) is 8.02. The van der Waals surface area contributed by atoms with Crippen molar-refractivity contribution in [3.63, 3.8) is 0 Å². The molecule has 128 valence electrons. The molecule has 3 rings (SSSR count). The molecule has 0 aliphatic heterocycles. The van der Waals surface area contributed by atoms with E-state index in [1.165, 1.54) is 6.07 Å². The summed E-state index contributed by atoms with van der Waals surface area (Å²) in [4.78, 5) is 20.2. The quantitative estimate of drug-likeness (QED) is 0.774. The van der Waals surface area contributed by atoms with Crippen LogP contribution in [0.1, 0.15) is 29.9 Å². The van der Waals surface area contributed by atoms with Crippen LogP contribution in [0.2, 0.25) is 0 Å². The van der Waals surface area contributed by atoms with E-state index in [1.807, 2.05) is 30.7 Å². The Labute approximate surface area is 145 Å². The fourth-order valence-corrected chi connectivity index (χ4v) is 2.73. The lowest BCUT2D eigenvalue weighted by Crippen LogP contribution is -2.16. The lowest BCUT2D eigenvalue weighted by Gasteiger charge is -2.16. The number of hydrogen-bond donors (Lipinski definition) is 1. The Bertz CT molecular complexity index is 876. The molecule has 0 saturated carbocycles. The highest BCUT2D eigenvalue weighted by atomic mass is 19.1. The second-order valence-electron chi connectivity index (χ2n) is 5.88. The molecule has 2 aromatic heterocycles. The molecule has 3 aromatic rings. The number of pyridine rings is 1. The molecule has 0 aliphatic carbocycles. The van der Waals surface area contributed by atoms with Crippen molar-refractivity contribution in [2.24, 2.45) is 0 Å². The minimum atomic E-state index is -0.457. The van der Waals surface area contributed by atoms with Gasteiger partial charge in [0.05, 0.1) is 18.2 Å². The number of carbonyl (C=O) groups is 1. The maximum absolute atomic E-state index is 14.4. The van der Waals surface area contributed by atoms with Crippen LogP contribution < -0.4 is 5.32 Å². The van der Waals surface area contributed by atoms with Gasteiger partial charge in [-0.05, 0) is 43.2 Å². The fraction of sp³-hybridized carbons (Fsp3) is 0.211. The van der Waals surface area contributed by atoms with Gasteiger partial charge in [-0.15, -0.1) is 0 Å². The molecule has 5 nitrogen and oxygen atoms in total. The number of nitrogens with one attached hydrogen (secondary N) is 1. The van der Waals surface area contributed by atoms with Crippen LogP contribution in [0.3, 0.4) is 0 Å². The van der Waals surface area contributed by atoms with Crippen molar-refractivity contribution in [3.8, 4) is 0 Å². The van der Waals surface area contributed by atoms with Gasteiger partial charge in [0, 0.05) is 24.8 Å². The monoisotopic (exact) mass is 338 g/mol. The molecule has 0 aliphatic rings. The molecule has 0 saturated heterocycles. The summed E-state index contributed by atoms with van der Waals surface area (Å²) in [6, 6.07) is 8.38. The van der Waals surface area contributed by atoms with Gasteiger partial charge in [-0.2, -0.15) is 0 Å². The van der Waals surface area contributed by atoms with Crippen LogP contribution in [0.15, 0.2) is 55.1 Å². The number of carbonyl (C=O) groups excluding carboxylic acids is 1. The molecule has 1 atom stereocenters. The highest BCUT2D eigenvalue weighted by Crippen LogP contribution is 2.24. The van der Waals surface area contributed by atoms with E-state index in [4.69, 9.17) is 0 Å². The van der Waals surface area contributed by atoms with Crippen molar-refractivity contribution < 1.29 is 9.18 Å². The van der Waals surface area contributed by atoms with E-state index >= 15 is 0 Å². The Morgan fingerprint density at radius 3 is 2.80 bits per heavy atom. The van der Waals surface area contributed by atoms with Gasteiger partial charge in [0.15, 0.2) is 0 Å². The summed E-state index contributed by atoms with van der Waals surface area (Å²) in [5.74, 6) is 0.126. The van der Waals surface area contributed by atoms with Crippen LogP contribution in [-0.2, 0) is 11.2 Å². The van der Waals surface area contributed by atoms with Gasteiger partial charge in [0.2, 0.25) is 5.91 Å². The molecular weight excluding hydrogens is 319 g/mol. The zero-order valence-corrected chi connectivity index (χ0v) is 14.1. The number of nitrogens with zero attached hydrogens (tertiary/aromatic N) is 3. The van der Waals surface area contributed by atoms with Crippen molar-refractivity contribution in [1.82, 2.24) is 14.5 Å². The van der Waals surface area contributed by atoms with Gasteiger partial charge in [-0.25, -0.2) is 9.37 Å². The summed E-state index contributed by atoms with van der Waals surface area (Å²) in [7, 11) is 0. The maximum Gasteiger partial charge on any atom is 0.228 e. The molecule has 2 heterocycles. The van der Waals surface area contributed by atoms with Gasteiger partial charge >= 0.3 is 0 Å². The number of amides is 1. The first kappa shape index (κ1) is 16.8. The van der Waals surface area contributed by atoms with Crippen LogP contribution in [0.5, 0.6) is 0 Å². The lowest BCUT2D eigenvalue weighted by molar-refractivity contribution is -0.115. The molecule has 0 spiro atoms. The Hall–Kier alpha value is -3.02. The summed E-state index contributed by atoms with van der Waals surface area (Å²) in [6.45, 7) is 3.88. The molecule has 1 aromatic carbocycles. The Morgan fingerprint density at radius 1 is 1.32 bits per heavy atom. The van der Waals surface area contributed by atoms with E-state index in [1.54, 1.807) is 36.8 Å². The largest absolute Gasteiger partial charge is 0.328 e. The third-order valence-electron chi connectivity index (χ3n) is 4.12. The molecule has 0 unspecified atom stereocenters. The predicted molar refractivity (Wildman–Crippen MR) is 93.7 cm³/mol. The molecule has 1 amide bonds. The first-order valence-electron chi connectivity index (χ1n) is 8.02. The van der Waals surface area contributed by atoms with Crippen molar-refractivity contribution in [1.29, 1.82) is 0 Å². The van der Waals surface area contributed by atoms with Crippen molar-refractivity contribution in [3.05, 3.63) is 77.9 Å². The van der Waals surface area contributed by atoms with Gasteiger partial charge in [0.25, 0.3) is 0 Å². The fourth-order valence-electron chi connectivity index (χ4n) is 2.73. The molecule has 1 N–H and O–H groups in total. The zero-order chi connectivity index (χ0) is 17.8. The third-order valence-corrected chi connectivity index (χ3v) is 4.12. The van der Waals surface area contributed by atoms with Crippen molar-refractivity contribution in [2.75, 3.05) is 5.32 Å². The summed E-state index contributed by atoms with van der Waals surface area (Å²) < 4.78 is 16.4. The van der Waals surface area contributed by atoms with Crippen molar-refractivity contribution >= 4 is 11.6 Å². The average molecular weight is 338 g/mol. The van der Waals surface area contributed by atoms with E-state index in [-0.39, 0.29) is 24.1 Å². The third kappa shape index (κ3) is 3.91. The highest BCUT2D eigenvalue weighted by molar-refractivity contribution is 5.92. The van der Waals surface area contributed by atoms with Gasteiger partial charge in [-0.1, -0.05) is 12.1 Å². The van der Waals surface area contributed by atoms with E-state index in [0.717, 1.165) is 17.0 Å². The zero-order valence-electron chi connectivity index (χ0n) is 14.1. The molecule has 0 fully saturated rings. The molecular formula is C19H19FN4O. The molecule has 6 heteroatoms. The van der Waals surface area contributed by atoms with Gasteiger partial charge in [-0.3, -0.25) is 9.78 Å². The summed E-state index contributed by atoms with van der Waals surface area (Å²) in [5, 5.41) is 2.61. The van der Waals surface area contributed by atoms with Crippen LogP contribution in [-0.4, -0.2) is 20.4 Å². The normalized spacial score (nSPS) is 12.0. The van der Waals surface area contributed by atoms with Crippen LogP contribution >= 0.6 is 0 Å². The highest BCUT2D eigenvalue weighted by Gasteiger charge is 2.14. The standard InChI is InChI=1S/C19H19FN4O/c1-13(24-9-8-22-14(24)2)16-5-6-18(17(20)11-16)23-19(25)10-15-4-3-7-21-12-15/h3-9,11-13H,10H2,1-2H3,(H,23,25)/t13-/m1/s1. The number of anilines is 1. The van der Waals surface area contributed by atoms with Crippen LogP contribution in [0.25, 0.3) is 0 Å². The number of halogens is 1. The van der Waals surface area contributed by atoms with Crippen LogP contribution in [0.4, 0.5) is 10.1 Å². The van der Waals surface area contributed by atoms with Crippen molar-refractivity contribution in [2.45, 2.75) is 26.3 Å². The molecule has 0 radical (unpaired) electrons. The topological polar surface area (TPSA) is 59.8 Å². The number of aromatic nitrogens is 3. The first-order chi connectivity index (χ1) is 12.0. The maximum atomic E-state index is 14.4.